The Bertz CT molecular complexity index is 686. The first kappa shape index (κ1) is 16.0. The molecule has 0 heterocycles. The maximum Gasteiger partial charge on any atom is 0.00359 e. The van der Waals surface area contributed by atoms with E-state index in [2.05, 4.69) is 80.6 Å². The molecular weight excluding hydrogens is 278 g/mol. The normalized spacial score (nSPS) is 21.7. The summed E-state index contributed by atoms with van der Waals surface area (Å²) < 4.78 is 0. The van der Waals surface area contributed by atoms with Crippen LogP contribution in [0.2, 0.25) is 0 Å². The highest BCUT2D eigenvalue weighted by molar-refractivity contribution is 5.78. The highest BCUT2D eigenvalue weighted by Gasteiger charge is 2.15. The molecule has 0 bridgehead atoms. The van der Waals surface area contributed by atoms with Gasteiger partial charge in [-0.25, -0.2) is 0 Å². The fraction of sp³-hybridized carbons (Fsp3) is 0.364. The lowest BCUT2D eigenvalue weighted by Gasteiger charge is -2.21. The molecule has 3 rings (SSSR count). The fourth-order valence-corrected chi connectivity index (χ4v) is 3.63. The average molecular weight is 305 g/mol. The zero-order chi connectivity index (χ0) is 16.2. The predicted molar refractivity (Wildman–Crippen MR) is 100 cm³/mol. The van der Waals surface area contributed by atoms with Crippen molar-refractivity contribution in [3.8, 4) is 0 Å². The molecule has 0 fully saturated rings. The minimum atomic E-state index is 0.535. The highest BCUT2D eigenvalue weighted by atomic mass is 15.0. The van der Waals surface area contributed by atoms with E-state index >= 15 is 0 Å². The second-order valence-electron chi connectivity index (χ2n) is 7.03. The SMILES string of the molecule is CC(/C=C1/C=C\C2=C(CCC=C2)Cc2ccccc21)CN(C)C. The van der Waals surface area contributed by atoms with Crippen LogP contribution in [0.1, 0.15) is 30.9 Å². The predicted octanol–water partition coefficient (Wildman–Crippen LogP) is 5.03. The largest absolute Gasteiger partial charge is 0.309 e. The molecule has 0 aromatic heterocycles. The van der Waals surface area contributed by atoms with Gasteiger partial charge in [-0.1, -0.05) is 67.1 Å². The van der Waals surface area contributed by atoms with E-state index in [0.717, 1.165) is 13.0 Å². The van der Waals surface area contributed by atoms with E-state index in [1.807, 2.05) is 0 Å². The van der Waals surface area contributed by atoms with Crippen LogP contribution in [-0.4, -0.2) is 25.5 Å². The molecule has 0 radical (unpaired) electrons. The summed E-state index contributed by atoms with van der Waals surface area (Å²) in [5.41, 5.74) is 7.22. The maximum atomic E-state index is 2.42. The van der Waals surface area contributed by atoms with Gasteiger partial charge in [-0.3, -0.25) is 0 Å². The molecule has 120 valence electrons. The molecule has 1 atom stereocenters. The van der Waals surface area contributed by atoms with Gasteiger partial charge in [0.2, 0.25) is 0 Å². The summed E-state index contributed by atoms with van der Waals surface area (Å²) >= 11 is 0. The van der Waals surface area contributed by atoms with Gasteiger partial charge in [-0.15, -0.1) is 0 Å². The summed E-state index contributed by atoms with van der Waals surface area (Å²) in [4.78, 5) is 2.25. The molecule has 1 nitrogen and oxygen atoms in total. The topological polar surface area (TPSA) is 3.24 Å². The number of benzene rings is 1. The van der Waals surface area contributed by atoms with Gasteiger partial charge >= 0.3 is 0 Å². The molecule has 0 spiro atoms. The van der Waals surface area contributed by atoms with Gasteiger partial charge in [-0.05, 0) is 61.5 Å². The van der Waals surface area contributed by atoms with E-state index in [4.69, 9.17) is 0 Å². The Morgan fingerprint density at radius 3 is 2.78 bits per heavy atom. The van der Waals surface area contributed by atoms with Crippen molar-refractivity contribution in [3.05, 3.63) is 76.9 Å². The van der Waals surface area contributed by atoms with E-state index in [0.29, 0.717) is 5.92 Å². The van der Waals surface area contributed by atoms with Crippen molar-refractivity contribution < 1.29 is 0 Å². The van der Waals surface area contributed by atoms with Crippen molar-refractivity contribution in [2.75, 3.05) is 20.6 Å². The zero-order valence-electron chi connectivity index (χ0n) is 14.5. The molecule has 2 aliphatic rings. The Hall–Kier alpha value is -1.86. The quantitative estimate of drug-likeness (QED) is 0.757. The maximum absolute atomic E-state index is 2.42. The van der Waals surface area contributed by atoms with E-state index in [1.54, 1.807) is 5.57 Å². The van der Waals surface area contributed by atoms with Crippen LogP contribution >= 0.6 is 0 Å². The van der Waals surface area contributed by atoms with Gasteiger partial charge in [0.15, 0.2) is 0 Å². The van der Waals surface area contributed by atoms with Crippen LogP contribution in [0, 0.1) is 5.92 Å². The van der Waals surface area contributed by atoms with Crippen LogP contribution in [0.15, 0.2) is 65.8 Å². The van der Waals surface area contributed by atoms with Crippen molar-refractivity contribution in [2.45, 2.75) is 26.2 Å². The van der Waals surface area contributed by atoms with Gasteiger partial charge in [0, 0.05) is 6.54 Å². The standard InChI is InChI=1S/C22H27N/c1-17(16-23(2)3)14-21-13-12-18-8-4-5-9-19(18)15-20-10-6-7-11-22(20)21/h4,6-8,10-14,17H,5,9,15-16H2,1-3H3/b13-12-,21-14-. The number of rotatable bonds is 3. The van der Waals surface area contributed by atoms with Gasteiger partial charge < -0.3 is 4.90 Å². The molecule has 0 saturated heterocycles. The highest BCUT2D eigenvalue weighted by Crippen LogP contribution is 2.32. The van der Waals surface area contributed by atoms with Gasteiger partial charge in [0.25, 0.3) is 0 Å². The molecule has 1 aromatic rings. The Balaban J connectivity index is 2.02. The van der Waals surface area contributed by atoms with E-state index < -0.39 is 0 Å². The first-order chi connectivity index (χ1) is 11.1. The van der Waals surface area contributed by atoms with Crippen molar-refractivity contribution in [2.24, 2.45) is 5.92 Å². The Morgan fingerprint density at radius 2 is 1.96 bits per heavy atom. The molecule has 0 amide bonds. The first-order valence-corrected chi connectivity index (χ1v) is 8.65. The Labute approximate surface area is 140 Å². The summed E-state index contributed by atoms with van der Waals surface area (Å²) in [6, 6.07) is 8.90. The third kappa shape index (κ3) is 3.92. The molecule has 1 heteroatoms. The molecule has 1 aromatic carbocycles. The summed E-state index contributed by atoms with van der Waals surface area (Å²) in [6.07, 6.45) is 15.1. The number of hydrogen-bond donors (Lipinski definition) is 0. The first-order valence-electron chi connectivity index (χ1n) is 8.65. The van der Waals surface area contributed by atoms with E-state index in [9.17, 15) is 0 Å². The third-order valence-corrected chi connectivity index (χ3v) is 4.61. The van der Waals surface area contributed by atoms with Crippen LogP contribution in [0.5, 0.6) is 0 Å². The average Bonchev–Trinajstić information content (AvgIpc) is 2.51. The van der Waals surface area contributed by atoms with E-state index in [-0.39, 0.29) is 0 Å². The monoisotopic (exact) mass is 305 g/mol. The zero-order valence-corrected chi connectivity index (χ0v) is 14.5. The van der Waals surface area contributed by atoms with Crippen molar-refractivity contribution in [1.82, 2.24) is 4.90 Å². The van der Waals surface area contributed by atoms with Crippen LogP contribution < -0.4 is 0 Å². The second kappa shape index (κ2) is 7.14. The van der Waals surface area contributed by atoms with Crippen molar-refractivity contribution >= 4 is 5.57 Å². The summed E-state index contributed by atoms with van der Waals surface area (Å²) in [5.74, 6) is 0.535. The second-order valence-corrected chi connectivity index (χ2v) is 7.03. The smallest absolute Gasteiger partial charge is 0.00359 e. The molecule has 23 heavy (non-hydrogen) atoms. The van der Waals surface area contributed by atoms with Crippen LogP contribution in [0.4, 0.5) is 0 Å². The van der Waals surface area contributed by atoms with Gasteiger partial charge in [0.05, 0.1) is 0 Å². The summed E-state index contributed by atoms with van der Waals surface area (Å²) in [6.45, 7) is 3.38. The molecule has 2 aliphatic carbocycles. The van der Waals surface area contributed by atoms with E-state index in [1.165, 1.54) is 35.1 Å². The van der Waals surface area contributed by atoms with Gasteiger partial charge in [0.1, 0.15) is 0 Å². The molecule has 1 unspecified atom stereocenters. The molecule has 0 aliphatic heterocycles. The lowest BCUT2D eigenvalue weighted by Crippen LogP contribution is -2.18. The third-order valence-electron chi connectivity index (χ3n) is 4.61. The summed E-state index contributed by atoms with van der Waals surface area (Å²) in [7, 11) is 4.28. The Kier molecular flexibility index (Phi) is 4.97. The lowest BCUT2D eigenvalue weighted by atomic mass is 9.85. The van der Waals surface area contributed by atoms with Crippen LogP contribution in [-0.2, 0) is 6.42 Å². The Morgan fingerprint density at radius 1 is 1.13 bits per heavy atom. The van der Waals surface area contributed by atoms with Gasteiger partial charge in [-0.2, -0.15) is 0 Å². The molecule has 0 N–H and O–H groups in total. The fourth-order valence-electron chi connectivity index (χ4n) is 3.63. The lowest BCUT2D eigenvalue weighted by molar-refractivity contribution is 0.371. The number of fused-ring (bicyclic) bond motifs is 1. The number of hydrogen-bond acceptors (Lipinski definition) is 1. The van der Waals surface area contributed by atoms with Crippen LogP contribution in [0.3, 0.4) is 0 Å². The van der Waals surface area contributed by atoms with Crippen molar-refractivity contribution in [3.63, 3.8) is 0 Å². The van der Waals surface area contributed by atoms with Crippen molar-refractivity contribution in [1.29, 1.82) is 0 Å². The minimum Gasteiger partial charge on any atom is -0.309 e. The molecular formula is C22H27N. The van der Waals surface area contributed by atoms with Crippen LogP contribution in [0.25, 0.3) is 5.57 Å². The minimum absolute atomic E-state index is 0.535. The number of nitrogens with zero attached hydrogens (tertiary/aromatic N) is 1. The summed E-state index contributed by atoms with van der Waals surface area (Å²) in [5, 5.41) is 0. The molecule has 0 saturated carbocycles. The number of allylic oxidation sites excluding steroid dienone is 7.